The number of H-pyrrole nitrogens is 1. The predicted molar refractivity (Wildman–Crippen MR) is 102 cm³/mol. The largest absolute Gasteiger partial charge is 0.354 e. The SMILES string of the molecule is Cc1ccccc1-c1cc2ccc(NC(=O)c3cccn3C)cc2[nH]1. The number of hydrogen-bond acceptors (Lipinski definition) is 1. The van der Waals surface area contributed by atoms with Crippen LogP contribution in [0.15, 0.2) is 66.9 Å². The van der Waals surface area contributed by atoms with Crippen LogP contribution in [0.1, 0.15) is 16.1 Å². The maximum atomic E-state index is 12.4. The lowest BCUT2D eigenvalue weighted by Gasteiger charge is -2.06. The highest BCUT2D eigenvalue weighted by atomic mass is 16.1. The molecule has 124 valence electrons. The van der Waals surface area contributed by atoms with Crippen molar-refractivity contribution in [2.75, 3.05) is 5.32 Å². The van der Waals surface area contributed by atoms with Gasteiger partial charge in [-0.05, 0) is 42.8 Å². The van der Waals surface area contributed by atoms with Crippen LogP contribution >= 0.6 is 0 Å². The molecule has 0 saturated carbocycles. The second-order valence-corrected chi connectivity index (χ2v) is 6.26. The molecule has 25 heavy (non-hydrogen) atoms. The van der Waals surface area contributed by atoms with E-state index in [9.17, 15) is 4.79 Å². The average molecular weight is 329 g/mol. The number of anilines is 1. The summed E-state index contributed by atoms with van der Waals surface area (Å²) in [4.78, 5) is 15.8. The molecule has 2 aromatic carbocycles. The van der Waals surface area contributed by atoms with Gasteiger partial charge < -0.3 is 14.9 Å². The number of benzene rings is 2. The molecule has 0 aliphatic carbocycles. The van der Waals surface area contributed by atoms with E-state index in [1.165, 1.54) is 11.1 Å². The molecule has 1 amide bonds. The molecule has 0 atom stereocenters. The maximum Gasteiger partial charge on any atom is 0.272 e. The van der Waals surface area contributed by atoms with E-state index in [0.717, 1.165) is 22.3 Å². The molecule has 4 rings (SSSR count). The molecule has 0 aliphatic rings. The minimum atomic E-state index is -0.113. The van der Waals surface area contributed by atoms with Crippen LogP contribution in [0.5, 0.6) is 0 Å². The summed E-state index contributed by atoms with van der Waals surface area (Å²) < 4.78 is 1.80. The van der Waals surface area contributed by atoms with Gasteiger partial charge in [0.1, 0.15) is 5.69 Å². The van der Waals surface area contributed by atoms with E-state index >= 15 is 0 Å². The van der Waals surface area contributed by atoms with E-state index in [1.807, 2.05) is 49.6 Å². The van der Waals surface area contributed by atoms with Crippen molar-refractivity contribution in [3.8, 4) is 11.3 Å². The van der Waals surface area contributed by atoms with Gasteiger partial charge in [0.15, 0.2) is 0 Å². The van der Waals surface area contributed by atoms with E-state index in [4.69, 9.17) is 0 Å². The Kier molecular flexibility index (Phi) is 3.65. The summed E-state index contributed by atoms with van der Waals surface area (Å²) in [5.41, 5.74) is 5.91. The van der Waals surface area contributed by atoms with E-state index in [1.54, 1.807) is 10.6 Å². The molecule has 2 aromatic heterocycles. The minimum absolute atomic E-state index is 0.113. The number of hydrogen-bond donors (Lipinski definition) is 2. The summed E-state index contributed by atoms with van der Waals surface area (Å²) >= 11 is 0. The fourth-order valence-corrected chi connectivity index (χ4v) is 3.12. The van der Waals surface area contributed by atoms with Gasteiger partial charge >= 0.3 is 0 Å². The smallest absolute Gasteiger partial charge is 0.272 e. The quantitative estimate of drug-likeness (QED) is 0.561. The van der Waals surface area contributed by atoms with Crippen LogP contribution in [0, 0.1) is 6.92 Å². The second-order valence-electron chi connectivity index (χ2n) is 6.26. The van der Waals surface area contributed by atoms with E-state index in [-0.39, 0.29) is 5.91 Å². The van der Waals surface area contributed by atoms with Crippen LogP contribution in [-0.4, -0.2) is 15.5 Å². The lowest BCUT2D eigenvalue weighted by molar-refractivity contribution is 0.101. The van der Waals surface area contributed by atoms with E-state index in [2.05, 4.69) is 35.4 Å². The number of carbonyl (C=O) groups excluding carboxylic acids is 1. The van der Waals surface area contributed by atoms with Crippen molar-refractivity contribution in [2.24, 2.45) is 7.05 Å². The first-order valence-electron chi connectivity index (χ1n) is 8.23. The topological polar surface area (TPSA) is 49.8 Å². The van der Waals surface area contributed by atoms with Crippen molar-refractivity contribution in [3.05, 3.63) is 78.1 Å². The summed E-state index contributed by atoms with van der Waals surface area (Å²) in [6, 6.07) is 20.0. The molecular weight excluding hydrogens is 310 g/mol. The lowest BCUT2D eigenvalue weighted by atomic mass is 10.1. The van der Waals surface area contributed by atoms with Gasteiger partial charge in [-0.25, -0.2) is 0 Å². The van der Waals surface area contributed by atoms with Crippen LogP contribution in [0.3, 0.4) is 0 Å². The molecular formula is C21H19N3O. The summed E-state index contributed by atoms with van der Waals surface area (Å²) in [6.07, 6.45) is 1.86. The fraction of sp³-hybridized carbons (Fsp3) is 0.0952. The van der Waals surface area contributed by atoms with Crippen molar-refractivity contribution < 1.29 is 4.79 Å². The van der Waals surface area contributed by atoms with Gasteiger partial charge in [0.05, 0.1) is 0 Å². The van der Waals surface area contributed by atoms with Crippen molar-refractivity contribution >= 4 is 22.5 Å². The first-order chi connectivity index (χ1) is 12.1. The number of nitrogens with zero attached hydrogens (tertiary/aromatic N) is 1. The number of fused-ring (bicyclic) bond motifs is 1. The first kappa shape index (κ1) is 15.3. The van der Waals surface area contributed by atoms with Crippen molar-refractivity contribution in [1.82, 2.24) is 9.55 Å². The number of rotatable bonds is 3. The molecule has 0 radical (unpaired) electrons. The molecule has 0 aliphatic heterocycles. The molecule has 0 spiro atoms. The van der Waals surface area contributed by atoms with Crippen LogP contribution in [0.25, 0.3) is 22.2 Å². The highest BCUT2D eigenvalue weighted by molar-refractivity contribution is 6.04. The number of nitrogens with one attached hydrogen (secondary N) is 2. The van der Waals surface area contributed by atoms with Gasteiger partial charge in [-0.2, -0.15) is 0 Å². The number of aryl methyl sites for hydroxylation is 2. The molecule has 0 bridgehead atoms. The van der Waals surface area contributed by atoms with Crippen molar-refractivity contribution in [1.29, 1.82) is 0 Å². The second kappa shape index (κ2) is 5.98. The molecule has 2 heterocycles. The Balaban J connectivity index is 1.66. The summed E-state index contributed by atoms with van der Waals surface area (Å²) in [5.74, 6) is -0.113. The van der Waals surface area contributed by atoms with Crippen molar-refractivity contribution in [2.45, 2.75) is 6.92 Å². The third-order valence-electron chi connectivity index (χ3n) is 4.49. The summed E-state index contributed by atoms with van der Waals surface area (Å²) in [6.45, 7) is 2.10. The van der Waals surface area contributed by atoms with Gasteiger partial charge in [0, 0.05) is 41.1 Å². The van der Waals surface area contributed by atoms with Crippen LogP contribution in [-0.2, 0) is 7.05 Å². The fourth-order valence-electron chi connectivity index (χ4n) is 3.12. The minimum Gasteiger partial charge on any atom is -0.354 e. The molecule has 0 unspecified atom stereocenters. The average Bonchev–Trinajstić information content (AvgIpc) is 3.20. The number of aromatic amines is 1. The van der Waals surface area contributed by atoms with Crippen molar-refractivity contribution in [3.63, 3.8) is 0 Å². The van der Waals surface area contributed by atoms with Gasteiger partial charge in [0.2, 0.25) is 0 Å². The Morgan fingerprint density at radius 3 is 2.64 bits per heavy atom. The summed E-state index contributed by atoms with van der Waals surface area (Å²) in [7, 11) is 1.86. The van der Waals surface area contributed by atoms with E-state index < -0.39 is 0 Å². The Morgan fingerprint density at radius 2 is 1.88 bits per heavy atom. The highest BCUT2D eigenvalue weighted by Crippen LogP contribution is 2.28. The van der Waals surface area contributed by atoms with Gasteiger partial charge in [-0.1, -0.05) is 30.3 Å². The zero-order chi connectivity index (χ0) is 17.4. The maximum absolute atomic E-state index is 12.4. The molecule has 2 N–H and O–H groups in total. The predicted octanol–water partition coefficient (Wildman–Crippen LogP) is 4.73. The van der Waals surface area contributed by atoms with E-state index in [0.29, 0.717) is 5.69 Å². The molecule has 4 aromatic rings. The standard InChI is InChI=1S/C21H19N3O/c1-14-6-3-4-7-17(14)19-12-15-9-10-16(13-18(15)23-19)22-21(25)20-8-5-11-24(20)2/h3-13,23H,1-2H3,(H,22,25). The molecule has 0 fully saturated rings. The highest BCUT2D eigenvalue weighted by Gasteiger charge is 2.10. The third kappa shape index (κ3) is 2.83. The van der Waals surface area contributed by atoms with Crippen LogP contribution in [0.2, 0.25) is 0 Å². The number of aromatic nitrogens is 2. The number of carbonyl (C=O) groups is 1. The molecule has 4 heteroatoms. The molecule has 4 nitrogen and oxygen atoms in total. The van der Waals surface area contributed by atoms with Crippen LogP contribution < -0.4 is 5.32 Å². The normalized spacial score (nSPS) is 11.0. The summed E-state index contributed by atoms with van der Waals surface area (Å²) in [5, 5.41) is 4.08. The Labute approximate surface area is 146 Å². The number of amides is 1. The van der Waals surface area contributed by atoms with Gasteiger partial charge in [-0.15, -0.1) is 0 Å². The van der Waals surface area contributed by atoms with Gasteiger partial charge in [-0.3, -0.25) is 4.79 Å². The third-order valence-corrected chi connectivity index (χ3v) is 4.49. The van der Waals surface area contributed by atoms with Gasteiger partial charge in [0.25, 0.3) is 5.91 Å². The Hall–Kier alpha value is -3.27. The zero-order valence-electron chi connectivity index (χ0n) is 14.2. The Bertz CT molecular complexity index is 1070. The Morgan fingerprint density at radius 1 is 1.04 bits per heavy atom. The zero-order valence-corrected chi connectivity index (χ0v) is 14.2. The monoisotopic (exact) mass is 329 g/mol. The van der Waals surface area contributed by atoms with Crippen LogP contribution in [0.4, 0.5) is 5.69 Å². The first-order valence-corrected chi connectivity index (χ1v) is 8.23. The lowest BCUT2D eigenvalue weighted by Crippen LogP contribution is -2.15. The molecule has 0 saturated heterocycles.